The summed E-state index contributed by atoms with van der Waals surface area (Å²) >= 11 is 1.22. The van der Waals surface area contributed by atoms with E-state index < -0.39 is 12.0 Å². The third-order valence-electron chi connectivity index (χ3n) is 6.10. The summed E-state index contributed by atoms with van der Waals surface area (Å²) in [5.41, 5.74) is 1.83. The van der Waals surface area contributed by atoms with Gasteiger partial charge in [-0.05, 0) is 43.7 Å². The third-order valence-corrected chi connectivity index (χ3v) is 7.09. The molecule has 0 bridgehead atoms. The number of aromatic nitrogens is 1. The molecule has 204 valence electrons. The van der Waals surface area contributed by atoms with Crippen LogP contribution in [0.15, 0.2) is 70.1 Å². The Morgan fingerprint density at radius 2 is 1.74 bits per heavy atom. The fourth-order valence-corrected chi connectivity index (χ4v) is 5.35. The number of fused-ring (bicyclic) bond motifs is 1. The highest BCUT2D eigenvalue weighted by atomic mass is 32.1. The summed E-state index contributed by atoms with van der Waals surface area (Å²) in [5, 5.41) is 0. The quantitative estimate of drug-likeness (QED) is 0.282. The monoisotopic (exact) mass is 550 g/mol. The molecule has 0 saturated carbocycles. The van der Waals surface area contributed by atoms with Crippen molar-refractivity contribution in [3.8, 4) is 23.0 Å². The first-order valence-corrected chi connectivity index (χ1v) is 13.0. The van der Waals surface area contributed by atoms with Crippen LogP contribution in [0.5, 0.6) is 23.0 Å². The Balaban J connectivity index is 1.92. The zero-order valence-electron chi connectivity index (χ0n) is 22.5. The summed E-state index contributed by atoms with van der Waals surface area (Å²) in [6, 6.07) is 9.95. The Bertz CT molecular complexity index is 1600. The highest BCUT2D eigenvalue weighted by Gasteiger charge is 2.33. The van der Waals surface area contributed by atoms with Crippen LogP contribution in [-0.4, -0.2) is 45.1 Å². The average Bonchev–Trinajstić information content (AvgIpc) is 3.25. The molecule has 0 radical (unpaired) electrons. The van der Waals surface area contributed by atoms with Gasteiger partial charge in [0.15, 0.2) is 16.3 Å². The molecule has 9 nitrogen and oxygen atoms in total. The molecule has 1 aliphatic rings. The maximum atomic E-state index is 13.9. The number of benzene rings is 2. The van der Waals surface area contributed by atoms with E-state index in [1.807, 2.05) is 12.1 Å². The molecule has 3 aromatic rings. The smallest absolute Gasteiger partial charge is 0.338 e. The molecule has 0 amide bonds. The van der Waals surface area contributed by atoms with E-state index >= 15 is 0 Å². The van der Waals surface area contributed by atoms with Crippen molar-refractivity contribution in [1.82, 2.24) is 4.57 Å². The Morgan fingerprint density at radius 3 is 2.36 bits per heavy atom. The van der Waals surface area contributed by atoms with Gasteiger partial charge in [-0.3, -0.25) is 9.36 Å². The summed E-state index contributed by atoms with van der Waals surface area (Å²) in [6.07, 6.45) is 3.38. The molecule has 1 atom stereocenters. The molecule has 0 fully saturated rings. The van der Waals surface area contributed by atoms with Gasteiger partial charge in [0.25, 0.3) is 5.56 Å². The van der Waals surface area contributed by atoms with Crippen molar-refractivity contribution in [3.05, 3.63) is 91.1 Å². The number of hydrogen-bond donors (Lipinski definition) is 0. The first-order chi connectivity index (χ1) is 18.9. The first-order valence-electron chi connectivity index (χ1n) is 12.2. The molecule has 4 rings (SSSR count). The molecular weight excluding hydrogens is 520 g/mol. The van der Waals surface area contributed by atoms with E-state index in [1.165, 1.54) is 37.2 Å². The molecule has 0 unspecified atom stereocenters. The number of carbonyl (C=O) groups excluding carboxylic acids is 1. The Hall–Kier alpha value is -4.31. The topological polar surface area (TPSA) is 97.6 Å². The lowest BCUT2D eigenvalue weighted by Crippen LogP contribution is -2.39. The van der Waals surface area contributed by atoms with E-state index in [1.54, 1.807) is 50.3 Å². The Labute approximate surface area is 229 Å². The number of rotatable bonds is 10. The average molecular weight is 551 g/mol. The molecular formula is C29H30N2O7S. The zero-order valence-corrected chi connectivity index (χ0v) is 23.3. The fraction of sp³-hybridized carbons (Fsp3) is 0.276. The van der Waals surface area contributed by atoms with Crippen molar-refractivity contribution in [1.29, 1.82) is 0 Å². The van der Waals surface area contributed by atoms with Crippen molar-refractivity contribution >= 4 is 23.4 Å². The van der Waals surface area contributed by atoms with Gasteiger partial charge in [-0.15, -0.1) is 0 Å². The van der Waals surface area contributed by atoms with Crippen LogP contribution >= 0.6 is 11.3 Å². The second kappa shape index (κ2) is 12.0. The minimum atomic E-state index is -0.733. The number of hydrogen-bond acceptors (Lipinski definition) is 9. The van der Waals surface area contributed by atoms with Gasteiger partial charge in [-0.25, -0.2) is 9.79 Å². The van der Waals surface area contributed by atoms with Crippen LogP contribution < -0.4 is 33.8 Å². The van der Waals surface area contributed by atoms with Crippen LogP contribution in [0.1, 0.15) is 31.0 Å². The van der Waals surface area contributed by atoms with E-state index in [4.69, 9.17) is 23.7 Å². The van der Waals surface area contributed by atoms with Gasteiger partial charge in [0, 0.05) is 11.6 Å². The lowest BCUT2D eigenvalue weighted by Gasteiger charge is -2.24. The molecule has 1 aromatic heterocycles. The van der Waals surface area contributed by atoms with Gasteiger partial charge in [0.05, 0.1) is 49.8 Å². The van der Waals surface area contributed by atoms with Gasteiger partial charge in [-0.2, -0.15) is 0 Å². The van der Waals surface area contributed by atoms with Crippen LogP contribution in [-0.2, 0) is 9.53 Å². The van der Waals surface area contributed by atoms with Crippen molar-refractivity contribution < 1.29 is 28.5 Å². The zero-order chi connectivity index (χ0) is 28.1. The highest BCUT2D eigenvalue weighted by Crippen LogP contribution is 2.35. The lowest BCUT2D eigenvalue weighted by atomic mass is 9.96. The van der Waals surface area contributed by atoms with Crippen LogP contribution in [0.3, 0.4) is 0 Å². The SMILES string of the molecule is C=CCOc1ccc([C@@H]2C(C(=O)OCC)=C(C)N=c3s/c(=C/c4cc(OC)c(OC)cc4OC)c(=O)n32)cc1. The van der Waals surface area contributed by atoms with Crippen LogP contribution in [0.2, 0.25) is 0 Å². The fourth-order valence-electron chi connectivity index (χ4n) is 4.32. The number of allylic oxidation sites excluding steroid dienone is 1. The maximum Gasteiger partial charge on any atom is 0.338 e. The second-order valence-electron chi connectivity index (χ2n) is 8.42. The number of nitrogens with zero attached hydrogens (tertiary/aromatic N) is 2. The molecule has 0 N–H and O–H groups in total. The standard InChI is InChI=1S/C29H30N2O7S/c1-7-13-38-20-11-9-18(10-12-20)26-25(28(33)37-8-2)17(3)30-29-31(26)27(32)24(39-29)15-19-14-22(35-5)23(36-6)16-21(19)34-4/h7,9-12,14-16,26H,1,8,13H2,2-6H3/b24-15+/t26-/m1/s1. The molecule has 39 heavy (non-hydrogen) atoms. The third kappa shape index (κ3) is 5.46. The van der Waals surface area contributed by atoms with Gasteiger partial charge < -0.3 is 23.7 Å². The van der Waals surface area contributed by atoms with E-state index in [0.717, 1.165) is 5.56 Å². The Morgan fingerprint density at radius 1 is 1.08 bits per heavy atom. The molecule has 2 aromatic carbocycles. The molecule has 0 saturated heterocycles. The minimum Gasteiger partial charge on any atom is -0.496 e. The predicted octanol–water partition coefficient (Wildman–Crippen LogP) is 3.39. The molecule has 2 heterocycles. The lowest BCUT2D eigenvalue weighted by molar-refractivity contribution is -0.139. The molecule has 1 aliphatic heterocycles. The maximum absolute atomic E-state index is 13.9. The number of thiazole rings is 1. The second-order valence-corrected chi connectivity index (χ2v) is 9.43. The van der Waals surface area contributed by atoms with Crippen LogP contribution in [0.25, 0.3) is 6.08 Å². The Kier molecular flexibility index (Phi) is 8.55. The molecule has 0 aliphatic carbocycles. The van der Waals surface area contributed by atoms with Crippen molar-refractivity contribution in [2.75, 3.05) is 34.5 Å². The highest BCUT2D eigenvalue weighted by molar-refractivity contribution is 7.07. The minimum absolute atomic E-state index is 0.195. The number of methoxy groups -OCH3 is 3. The van der Waals surface area contributed by atoms with Crippen molar-refractivity contribution in [2.45, 2.75) is 19.9 Å². The number of carbonyl (C=O) groups is 1. The van der Waals surface area contributed by atoms with E-state index in [-0.39, 0.29) is 12.2 Å². The first kappa shape index (κ1) is 27.7. The van der Waals surface area contributed by atoms with E-state index in [2.05, 4.69) is 11.6 Å². The van der Waals surface area contributed by atoms with Gasteiger partial charge in [-0.1, -0.05) is 36.1 Å². The normalized spacial score (nSPS) is 14.8. The number of ether oxygens (including phenoxy) is 5. The van der Waals surface area contributed by atoms with Crippen LogP contribution in [0.4, 0.5) is 0 Å². The number of esters is 1. The summed E-state index contributed by atoms with van der Waals surface area (Å²) in [7, 11) is 4.61. The molecule has 10 heteroatoms. The van der Waals surface area contributed by atoms with E-state index in [9.17, 15) is 9.59 Å². The van der Waals surface area contributed by atoms with E-state index in [0.29, 0.717) is 55.8 Å². The largest absolute Gasteiger partial charge is 0.496 e. The summed E-state index contributed by atoms with van der Waals surface area (Å²) in [5.74, 6) is 1.63. The van der Waals surface area contributed by atoms with Gasteiger partial charge in [0.2, 0.25) is 0 Å². The predicted molar refractivity (Wildman–Crippen MR) is 149 cm³/mol. The van der Waals surface area contributed by atoms with Gasteiger partial charge >= 0.3 is 5.97 Å². The van der Waals surface area contributed by atoms with Gasteiger partial charge in [0.1, 0.15) is 18.1 Å². The van der Waals surface area contributed by atoms with Crippen LogP contribution in [0, 0.1) is 0 Å². The summed E-state index contributed by atoms with van der Waals surface area (Å²) in [4.78, 5) is 32.1. The summed E-state index contributed by atoms with van der Waals surface area (Å²) < 4.78 is 29.3. The summed E-state index contributed by atoms with van der Waals surface area (Å²) in [6.45, 7) is 7.70. The van der Waals surface area contributed by atoms with Crippen molar-refractivity contribution in [2.24, 2.45) is 4.99 Å². The molecule has 0 spiro atoms. The van der Waals surface area contributed by atoms with Crippen molar-refractivity contribution in [3.63, 3.8) is 0 Å².